The average Bonchev–Trinajstić information content (AvgIpc) is 2.15. The summed E-state index contributed by atoms with van der Waals surface area (Å²) in [6, 6.07) is 9.96. The van der Waals surface area contributed by atoms with Gasteiger partial charge in [0.2, 0.25) is 5.91 Å². The minimum atomic E-state index is -0.00620. The lowest BCUT2D eigenvalue weighted by molar-refractivity contribution is -0.119. The van der Waals surface area contributed by atoms with Crippen LogP contribution in [0.15, 0.2) is 30.3 Å². The van der Waals surface area contributed by atoms with Gasteiger partial charge in [-0.1, -0.05) is 46.3 Å². The zero-order chi connectivity index (χ0) is 9.68. The summed E-state index contributed by atoms with van der Waals surface area (Å²) in [5, 5.41) is 3.59. The molecule has 0 fully saturated rings. The molecule has 1 aromatic carbocycles. The average molecular weight is 242 g/mol. The monoisotopic (exact) mass is 241 g/mol. The van der Waals surface area contributed by atoms with E-state index in [0.717, 1.165) is 10.9 Å². The van der Waals surface area contributed by atoms with Crippen LogP contribution in [0, 0.1) is 0 Å². The largest absolute Gasteiger partial charge is 0.349 e. The third-order valence-electron chi connectivity index (χ3n) is 1.73. The maximum absolute atomic E-state index is 10.9. The molecule has 0 radical (unpaired) electrons. The number of rotatable bonds is 3. The Morgan fingerprint density at radius 2 is 2.08 bits per heavy atom. The Morgan fingerprint density at radius 1 is 1.46 bits per heavy atom. The first-order chi connectivity index (χ1) is 6.24. The number of amides is 1. The molecule has 0 aromatic heterocycles. The summed E-state index contributed by atoms with van der Waals surface area (Å²) in [4.78, 5) is 10.9. The Morgan fingerprint density at radius 3 is 2.54 bits per heavy atom. The molecule has 1 unspecified atom stereocenters. The number of benzene rings is 1. The fourth-order valence-electron chi connectivity index (χ4n) is 1.14. The summed E-state index contributed by atoms with van der Waals surface area (Å²) in [6.45, 7) is 1.53. The first kappa shape index (κ1) is 10.3. The lowest BCUT2D eigenvalue weighted by atomic mass is 10.1. The predicted molar refractivity (Wildman–Crippen MR) is 56.8 cm³/mol. The van der Waals surface area contributed by atoms with Gasteiger partial charge in [-0.2, -0.15) is 0 Å². The van der Waals surface area contributed by atoms with Crippen molar-refractivity contribution in [2.75, 3.05) is 5.33 Å². The lowest BCUT2D eigenvalue weighted by Crippen LogP contribution is -2.26. The summed E-state index contributed by atoms with van der Waals surface area (Å²) in [7, 11) is 0. The van der Waals surface area contributed by atoms with Crippen molar-refractivity contribution in [3.63, 3.8) is 0 Å². The van der Waals surface area contributed by atoms with Crippen LogP contribution < -0.4 is 5.32 Å². The quantitative estimate of drug-likeness (QED) is 0.809. The number of alkyl halides is 1. The maximum atomic E-state index is 10.9. The van der Waals surface area contributed by atoms with E-state index >= 15 is 0 Å². The molecule has 2 nitrogen and oxygen atoms in total. The van der Waals surface area contributed by atoms with Crippen molar-refractivity contribution in [1.82, 2.24) is 5.32 Å². The SMILES string of the molecule is CC(=O)NC(CBr)c1ccccc1. The van der Waals surface area contributed by atoms with Crippen molar-refractivity contribution in [1.29, 1.82) is 0 Å². The van der Waals surface area contributed by atoms with E-state index in [2.05, 4.69) is 21.2 Å². The van der Waals surface area contributed by atoms with Crippen LogP contribution in [0.1, 0.15) is 18.5 Å². The van der Waals surface area contributed by atoms with Gasteiger partial charge in [-0.25, -0.2) is 0 Å². The van der Waals surface area contributed by atoms with Crippen molar-refractivity contribution in [2.45, 2.75) is 13.0 Å². The molecule has 1 amide bonds. The third kappa shape index (κ3) is 3.19. The number of nitrogens with one attached hydrogen (secondary N) is 1. The highest BCUT2D eigenvalue weighted by atomic mass is 79.9. The van der Waals surface area contributed by atoms with E-state index in [1.165, 1.54) is 6.92 Å². The van der Waals surface area contributed by atoms with Gasteiger partial charge in [0, 0.05) is 12.3 Å². The predicted octanol–water partition coefficient (Wildman–Crippen LogP) is 2.26. The molecule has 13 heavy (non-hydrogen) atoms. The van der Waals surface area contributed by atoms with Crippen molar-refractivity contribution >= 4 is 21.8 Å². The Balaban J connectivity index is 2.73. The van der Waals surface area contributed by atoms with Crippen LogP contribution >= 0.6 is 15.9 Å². The minimum absolute atomic E-state index is 0.00620. The number of hydrogen-bond donors (Lipinski definition) is 1. The first-order valence-corrected chi connectivity index (χ1v) is 5.24. The summed E-state index contributed by atoms with van der Waals surface area (Å²) < 4.78 is 0. The van der Waals surface area contributed by atoms with Gasteiger partial charge < -0.3 is 5.32 Å². The Labute approximate surface area is 86.5 Å². The van der Waals surface area contributed by atoms with Crippen LogP contribution in [0.3, 0.4) is 0 Å². The molecular formula is C10H12BrNO. The molecule has 1 N–H and O–H groups in total. The Hall–Kier alpha value is -0.830. The summed E-state index contributed by atoms with van der Waals surface area (Å²) in [6.07, 6.45) is 0. The molecule has 0 aliphatic heterocycles. The fourth-order valence-corrected chi connectivity index (χ4v) is 1.68. The molecule has 3 heteroatoms. The molecule has 1 aromatic rings. The van der Waals surface area contributed by atoms with Crippen LogP contribution in [0.5, 0.6) is 0 Å². The number of halogens is 1. The molecule has 0 heterocycles. The maximum Gasteiger partial charge on any atom is 0.217 e. The van der Waals surface area contributed by atoms with Crippen molar-refractivity contribution < 1.29 is 4.79 Å². The van der Waals surface area contributed by atoms with Crippen LogP contribution in [0.2, 0.25) is 0 Å². The first-order valence-electron chi connectivity index (χ1n) is 4.12. The van der Waals surface area contributed by atoms with E-state index in [1.807, 2.05) is 30.3 Å². The van der Waals surface area contributed by atoms with Gasteiger partial charge in [0.05, 0.1) is 6.04 Å². The lowest BCUT2D eigenvalue weighted by Gasteiger charge is -2.14. The second-order valence-electron chi connectivity index (χ2n) is 2.82. The molecule has 0 bridgehead atoms. The zero-order valence-electron chi connectivity index (χ0n) is 7.46. The van der Waals surface area contributed by atoms with Gasteiger partial charge in [-0.15, -0.1) is 0 Å². The van der Waals surface area contributed by atoms with Crippen LogP contribution in [0.25, 0.3) is 0 Å². The molecule has 0 aliphatic carbocycles. The van der Waals surface area contributed by atoms with Gasteiger partial charge in [0.25, 0.3) is 0 Å². The summed E-state index contributed by atoms with van der Waals surface area (Å²) in [5.74, 6) is -0.00620. The summed E-state index contributed by atoms with van der Waals surface area (Å²) >= 11 is 3.37. The zero-order valence-corrected chi connectivity index (χ0v) is 9.04. The smallest absolute Gasteiger partial charge is 0.217 e. The van der Waals surface area contributed by atoms with Crippen LogP contribution in [-0.2, 0) is 4.79 Å². The summed E-state index contributed by atoms with van der Waals surface area (Å²) in [5.41, 5.74) is 1.12. The Bertz CT molecular complexity index is 274. The molecule has 1 rings (SSSR count). The van der Waals surface area contributed by atoms with E-state index in [4.69, 9.17) is 0 Å². The van der Waals surface area contributed by atoms with Crippen molar-refractivity contribution in [2.24, 2.45) is 0 Å². The molecule has 0 spiro atoms. The number of carbonyl (C=O) groups is 1. The van der Waals surface area contributed by atoms with Crippen molar-refractivity contribution in [3.8, 4) is 0 Å². The molecular weight excluding hydrogens is 230 g/mol. The second-order valence-corrected chi connectivity index (χ2v) is 3.47. The minimum Gasteiger partial charge on any atom is -0.349 e. The highest BCUT2D eigenvalue weighted by Crippen LogP contribution is 2.14. The Kier molecular flexibility index (Phi) is 3.96. The highest BCUT2D eigenvalue weighted by molar-refractivity contribution is 9.09. The normalized spacial score (nSPS) is 12.2. The van der Waals surface area contributed by atoms with E-state index in [9.17, 15) is 4.79 Å². The van der Waals surface area contributed by atoms with E-state index in [0.29, 0.717) is 0 Å². The van der Waals surface area contributed by atoms with E-state index < -0.39 is 0 Å². The van der Waals surface area contributed by atoms with E-state index in [1.54, 1.807) is 0 Å². The van der Waals surface area contributed by atoms with Crippen molar-refractivity contribution in [3.05, 3.63) is 35.9 Å². The van der Waals surface area contributed by atoms with Gasteiger partial charge >= 0.3 is 0 Å². The second kappa shape index (κ2) is 5.02. The topological polar surface area (TPSA) is 29.1 Å². The standard InChI is InChI=1S/C10H12BrNO/c1-8(13)12-10(7-11)9-5-3-2-4-6-9/h2-6,10H,7H2,1H3,(H,12,13). The number of carbonyl (C=O) groups excluding carboxylic acids is 1. The van der Waals surface area contributed by atoms with Crippen LogP contribution in [-0.4, -0.2) is 11.2 Å². The molecule has 0 saturated carbocycles. The highest BCUT2D eigenvalue weighted by Gasteiger charge is 2.09. The van der Waals surface area contributed by atoms with E-state index in [-0.39, 0.29) is 11.9 Å². The fraction of sp³-hybridized carbons (Fsp3) is 0.300. The number of hydrogen-bond acceptors (Lipinski definition) is 1. The van der Waals surface area contributed by atoms with Gasteiger partial charge in [-0.3, -0.25) is 4.79 Å². The molecule has 0 aliphatic rings. The van der Waals surface area contributed by atoms with Gasteiger partial charge in [0.1, 0.15) is 0 Å². The molecule has 1 atom stereocenters. The van der Waals surface area contributed by atoms with Crippen LogP contribution in [0.4, 0.5) is 0 Å². The van der Waals surface area contributed by atoms with Gasteiger partial charge in [0.15, 0.2) is 0 Å². The molecule has 70 valence electrons. The molecule has 0 saturated heterocycles. The van der Waals surface area contributed by atoms with Gasteiger partial charge in [-0.05, 0) is 5.56 Å². The third-order valence-corrected chi connectivity index (χ3v) is 2.38.